The quantitative estimate of drug-likeness (QED) is 0.718. The Morgan fingerprint density at radius 3 is 2.43 bits per heavy atom. The molecule has 9 heteroatoms. The molecule has 2 heterocycles. The molecule has 0 radical (unpaired) electrons. The van der Waals surface area contributed by atoms with Crippen LogP contribution in [0.25, 0.3) is 0 Å². The molecule has 2 aromatic rings. The molecule has 0 N–H and O–H groups in total. The van der Waals surface area contributed by atoms with Crippen LogP contribution in [0.3, 0.4) is 0 Å². The van der Waals surface area contributed by atoms with Gasteiger partial charge in [-0.15, -0.1) is 0 Å². The predicted octanol–water partition coefficient (Wildman–Crippen LogP) is 2.87. The second kappa shape index (κ2) is 8.09. The van der Waals surface area contributed by atoms with E-state index < -0.39 is 10.0 Å². The van der Waals surface area contributed by atoms with Crippen LogP contribution >= 0.6 is 11.6 Å². The Morgan fingerprint density at radius 1 is 1.00 bits per heavy atom. The van der Waals surface area contributed by atoms with E-state index in [1.54, 1.807) is 30.0 Å². The molecule has 1 saturated heterocycles. The van der Waals surface area contributed by atoms with Gasteiger partial charge < -0.3 is 14.4 Å². The number of rotatable bonds is 3. The first-order chi connectivity index (χ1) is 14.3. The Kier molecular flexibility index (Phi) is 5.65. The van der Waals surface area contributed by atoms with E-state index in [1.165, 1.54) is 4.31 Å². The van der Waals surface area contributed by atoms with Gasteiger partial charge in [-0.05, 0) is 43.2 Å². The van der Waals surface area contributed by atoms with Crippen molar-refractivity contribution < 1.29 is 22.7 Å². The molecule has 0 saturated carbocycles. The SMILES string of the molecule is Cc1ccc(C)c(S(=O)(=O)N2CCN(C(=O)c3cc(Cl)c4c(c3)OCCO4)CC2)c1. The molecular weight excluding hydrogens is 428 g/mol. The summed E-state index contributed by atoms with van der Waals surface area (Å²) in [6.07, 6.45) is 0. The fraction of sp³-hybridized carbons (Fsp3) is 0.381. The molecule has 30 heavy (non-hydrogen) atoms. The van der Waals surface area contributed by atoms with E-state index in [0.717, 1.165) is 5.56 Å². The average Bonchev–Trinajstić information content (AvgIpc) is 2.75. The first kappa shape index (κ1) is 21.0. The van der Waals surface area contributed by atoms with Gasteiger partial charge in [0.05, 0.1) is 9.92 Å². The summed E-state index contributed by atoms with van der Waals surface area (Å²) >= 11 is 6.25. The molecule has 4 rings (SSSR count). The first-order valence-corrected chi connectivity index (χ1v) is 11.5. The van der Waals surface area contributed by atoms with Crippen LogP contribution in [0.5, 0.6) is 11.5 Å². The molecule has 1 fully saturated rings. The number of benzene rings is 2. The monoisotopic (exact) mass is 450 g/mol. The summed E-state index contributed by atoms with van der Waals surface area (Å²) in [6.45, 7) is 5.54. The van der Waals surface area contributed by atoms with Crippen molar-refractivity contribution >= 4 is 27.5 Å². The third-order valence-corrected chi connectivity index (χ3v) is 7.65. The highest BCUT2D eigenvalue weighted by molar-refractivity contribution is 7.89. The number of hydrogen-bond acceptors (Lipinski definition) is 5. The summed E-state index contributed by atoms with van der Waals surface area (Å²) < 4.78 is 38.6. The van der Waals surface area contributed by atoms with Crippen molar-refractivity contribution in [2.75, 3.05) is 39.4 Å². The second-order valence-corrected chi connectivity index (χ2v) is 9.76. The molecule has 0 unspecified atom stereocenters. The fourth-order valence-electron chi connectivity index (χ4n) is 3.67. The minimum atomic E-state index is -3.61. The summed E-state index contributed by atoms with van der Waals surface area (Å²) in [6, 6.07) is 8.59. The van der Waals surface area contributed by atoms with E-state index in [1.807, 2.05) is 19.1 Å². The van der Waals surface area contributed by atoms with E-state index in [4.69, 9.17) is 21.1 Å². The average molecular weight is 451 g/mol. The molecule has 0 bridgehead atoms. The smallest absolute Gasteiger partial charge is 0.254 e. The molecule has 160 valence electrons. The third-order valence-electron chi connectivity index (χ3n) is 5.33. The lowest BCUT2D eigenvalue weighted by atomic mass is 10.1. The van der Waals surface area contributed by atoms with E-state index >= 15 is 0 Å². The number of sulfonamides is 1. The van der Waals surface area contributed by atoms with Crippen LogP contribution in [0, 0.1) is 13.8 Å². The number of fused-ring (bicyclic) bond motifs is 1. The topological polar surface area (TPSA) is 76.2 Å². The number of piperazine rings is 1. The second-order valence-electron chi connectivity index (χ2n) is 7.45. The lowest BCUT2D eigenvalue weighted by Crippen LogP contribution is -2.50. The third kappa shape index (κ3) is 3.87. The number of amides is 1. The Labute approximate surface area is 181 Å². The van der Waals surface area contributed by atoms with Crippen LogP contribution in [-0.4, -0.2) is 62.9 Å². The number of carbonyl (C=O) groups is 1. The summed E-state index contributed by atoms with van der Waals surface area (Å²) in [5, 5.41) is 0.326. The van der Waals surface area contributed by atoms with Gasteiger partial charge in [0.2, 0.25) is 10.0 Å². The zero-order chi connectivity index (χ0) is 21.5. The lowest BCUT2D eigenvalue weighted by Gasteiger charge is -2.34. The fourth-order valence-corrected chi connectivity index (χ4v) is 5.67. The van der Waals surface area contributed by atoms with Crippen molar-refractivity contribution in [1.82, 2.24) is 9.21 Å². The Hall–Kier alpha value is -2.29. The highest BCUT2D eigenvalue weighted by Gasteiger charge is 2.32. The van der Waals surface area contributed by atoms with Gasteiger partial charge in [-0.3, -0.25) is 4.79 Å². The van der Waals surface area contributed by atoms with Gasteiger partial charge in [0.15, 0.2) is 11.5 Å². The van der Waals surface area contributed by atoms with Crippen LogP contribution < -0.4 is 9.47 Å². The minimum Gasteiger partial charge on any atom is -0.486 e. The summed E-state index contributed by atoms with van der Waals surface area (Å²) in [5.74, 6) is 0.690. The Bertz CT molecular complexity index is 1090. The number of ether oxygens (including phenoxy) is 2. The van der Waals surface area contributed by atoms with Gasteiger partial charge in [-0.1, -0.05) is 23.7 Å². The van der Waals surface area contributed by atoms with Gasteiger partial charge in [-0.25, -0.2) is 8.42 Å². The zero-order valence-electron chi connectivity index (χ0n) is 16.9. The molecule has 0 spiro atoms. The lowest BCUT2D eigenvalue weighted by molar-refractivity contribution is 0.0696. The van der Waals surface area contributed by atoms with Crippen LogP contribution in [0.2, 0.25) is 5.02 Å². The van der Waals surface area contributed by atoms with Crippen molar-refractivity contribution in [3.8, 4) is 11.5 Å². The molecular formula is C21H23ClN2O5S. The highest BCUT2D eigenvalue weighted by Crippen LogP contribution is 2.38. The van der Waals surface area contributed by atoms with Gasteiger partial charge in [0, 0.05) is 31.7 Å². The molecule has 7 nitrogen and oxygen atoms in total. The molecule has 0 aromatic heterocycles. The summed E-state index contributed by atoms with van der Waals surface area (Å²) in [5.41, 5.74) is 2.00. The van der Waals surface area contributed by atoms with E-state index in [-0.39, 0.29) is 19.0 Å². The van der Waals surface area contributed by atoms with Gasteiger partial charge in [0.1, 0.15) is 13.2 Å². The van der Waals surface area contributed by atoms with Crippen LogP contribution in [0.1, 0.15) is 21.5 Å². The maximum absolute atomic E-state index is 13.1. The van der Waals surface area contributed by atoms with Gasteiger partial charge in [-0.2, -0.15) is 4.31 Å². The van der Waals surface area contributed by atoms with Crippen molar-refractivity contribution in [3.05, 3.63) is 52.0 Å². The minimum absolute atomic E-state index is 0.211. The standard InChI is InChI=1S/C21H23ClN2O5S/c1-14-3-4-15(2)19(11-14)30(26,27)24-7-5-23(6-8-24)21(25)16-12-17(22)20-18(13-16)28-9-10-29-20/h3-4,11-13H,5-10H2,1-2H3. The maximum Gasteiger partial charge on any atom is 0.254 e. The molecule has 0 atom stereocenters. The van der Waals surface area contributed by atoms with E-state index in [0.29, 0.717) is 58.8 Å². The summed E-state index contributed by atoms with van der Waals surface area (Å²) in [4.78, 5) is 14.9. The molecule has 0 aliphatic carbocycles. The van der Waals surface area contributed by atoms with Crippen molar-refractivity contribution in [3.63, 3.8) is 0 Å². The van der Waals surface area contributed by atoms with Crippen LogP contribution in [0.4, 0.5) is 0 Å². The molecule has 1 amide bonds. The van der Waals surface area contributed by atoms with Crippen molar-refractivity contribution in [2.24, 2.45) is 0 Å². The molecule has 2 aliphatic heterocycles. The predicted molar refractivity (Wildman–Crippen MR) is 113 cm³/mol. The van der Waals surface area contributed by atoms with Crippen LogP contribution in [-0.2, 0) is 10.0 Å². The van der Waals surface area contributed by atoms with Crippen LogP contribution in [0.15, 0.2) is 35.2 Å². The largest absolute Gasteiger partial charge is 0.486 e. The summed E-state index contributed by atoms with van der Waals surface area (Å²) in [7, 11) is -3.61. The maximum atomic E-state index is 13.1. The van der Waals surface area contributed by atoms with Crippen molar-refractivity contribution in [2.45, 2.75) is 18.7 Å². The van der Waals surface area contributed by atoms with E-state index in [2.05, 4.69) is 0 Å². The number of hydrogen-bond donors (Lipinski definition) is 0. The zero-order valence-corrected chi connectivity index (χ0v) is 18.4. The number of nitrogens with zero attached hydrogens (tertiary/aromatic N) is 2. The molecule has 2 aliphatic rings. The van der Waals surface area contributed by atoms with Gasteiger partial charge in [0.25, 0.3) is 5.91 Å². The van der Waals surface area contributed by atoms with Gasteiger partial charge >= 0.3 is 0 Å². The Balaban J connectivity index is 1.49. The number of halogens is 1. The highest BCUT2D eigenvalue weighted by atomic mass is 35.5. The number of carbonyl (C=O) groups excluding carboxylic acids is 1. The molecule has 2 aromatic carbocycles. The Morgan fingerprint density at radius 2 is 1.70 bits per heavy atom. The van der Waals surface area contributed by atoms with E-state index in [9.17, 15) is 13.2 Å². The van der Waals surface area contributed by atoms with Crippen molar-refractivity contribution in [1.29, 1.82) is 0 Å². The number of aryl methyl sites for hydroxylation is 2. The normalized spacial score (nSPS) is 17.1. The first-order valence-electron chi connectivity index (χ1n) is 9.73.